The minimum absolute atomic E-state index is 0.0694. The average Bonchev–Trinajstić information content (AvgIpc) is 3.03. The van der Waals surface area contributed by atoms with Crippen LogP contribution in [0.4, 0.5) is 4.39 Å². The van der Waals surface area contributed by atoms with Crippen molar-refractivity contribution in [2.45, 2.75) is 51.2 Å². The Morgan fingerprint density at radius 1 is 0.933 bits per heavy atom. The van der Waals surface area contributed by atoms with E-state index in [1.54, 1.807) is 23.1 Å². The van der Waals surface area contributed by atoms with E-state index in [2.05, 4.69) is 9.80 Å². The van der Waals surface area contributed by atoms with Crippen molar-refractivity contribution in [1.82, 2.24) is 14.7 Å². The Kier molecular flexibility index (Phi) is 16.3. The lowest BCUT2D eigenvalue weighted by Gasteiger charge is -2.39. The van der Waals surface area contributed by atoms with Crippen LogP contribution in [0.3, 0.4) is 0 Å². The number of hydrogen-bond donors (Lipinski definition) is 4. The fraction of sp³-hybridized carbons (Fsp3) is 0.606. The van der Waals surface area contributed by atoms with Crippen LogP contribution in [0.25, 0.3) is 0 Å². The number of likely N-dealkylation sites (tertiary alicyclic amines) is 2. The number of halogens is 3. The quantitative estimate of drug-likeness (QED) is 0.237. The second kappa shape index (κ2) is 19.6. The standard InChI is InChI=1S/C27H33Cl2FN2O3.C6H15NO3/c1-18-25(7-6-23(28)26(18)29)35-22-10-12-31(13-11-22)17-20-8-14-32(15-9-20)24(27(33)34)16-19-2-4-21(30)5-3-19;8-4-1-7(2-5-9)3-6-10/h2-7,20,22,24H,8-17H2,1H3,(H,33,34);8-10H,1-6H2/t24-;/m0./s1. The monoisotopic (exact) mass is 671 g/mol. The molecule has 0 amide bonds. The first-order valence-electron chi connectivity index (χ1n) is 15.7. The lowest BCUT2D eigenvalue weighted by Crippen LogP contribution is -2.48. The van der Waals surface area contributed by atoms with Crippen LogP contribution in [0.1, 0.15) is 36.8 Å². The molecule has 2 aromatic carbocycles. The van der Waals surface area contributed by atoms with Crippen LogP contribution in [-0.4, -0.2) is 125 Å². The Labute approximate surface area is 276 Å². The number of aliphatic carboxylic acids is 1. The summed E-state index contributed by atoms with van der Waals surface area (Å²) in [6, 6.07) is 9.23. The molecule has 0 aromatic heterocycles. The van der Waals surface area contributed by atoms with E-state index in [9.17, 15) is 14.3 Å². The molecule has 2 aromatic rings. The summed E-state index contributed by atoms with van der Waals surface area (Å²) in [6.45, 7) is 8.27. The van der Waals surface area contributed by atoms with Gasteiger partial charge in [0.05, 0.1) is 29.9 Å². The number of carbonyl (C=O) groups is 1. The number of rotatable bonds is 14. The van der Waals surface area contributed by atoms with Crippen LogP contribution in [0.2, 0.25) is 10.0 Å². The minimum atomic E-state index is -0.813. The predicted octanol–water partition coefficient (Wildman–Crippen LogP) is 3.96. The van der Waals surface area contributed by atoms with Crippen molar-refractivity contribution >= 4 is 29.2 Å². The van der Waals surface area contributed by atoms with Crippen LogP contribution in [-0.2, 0) is 11.2 Å². The summed E-state index contributed by atoms with van der Waals surface area (Å²) >= 11 is 12.3. The molecule has 45 heavy (non-hydrogen) atoms. The highest BCUT2D eigenvalue weighted by Crippen LogP contribution is 2.33. The Balaban J connectivity index is 0.000000477. The SMILES string of the molecule is Cc1c(OC2CCN(CC3CCN([C@@H](Cc4ccc(F)cc4)C(=O)O)CC3)CC2)ccc(Cl)c1Cl.OCCN(CCO)CCO. The molecule has 0 spiro atoms. The summed E-state index contributed by atoms with van der Waals surface area (Å²) in [5, 5.41) is 36.3. The molecule has 0 radical (unpaired) electrons. The van der Waals surface area contributed by atoms with Crippen molar-refractivity contribution in [1.29, 1.82) is 0 Å². The maximum atomic E-state index is 13.2. The Bertz CT molecular complexity index is 1150. The third-order valence-electron chi connectivity index (χ3n) is 8.60. The molecule has 4 rings (SSSR count). The normalized spacial score (nSPS) is 17.6. The third-order valence-corrected chi connectivity index (χ3v) is 9.50. The molecule has 2 heterocycles. The number of nitrogens with zero attached hydrogens (tertiary/aromatic N) is 3. The third kappa shape index (κ3) is 12.3. The summed E-state index contributed by atoms with van der Waals surface area (Å²) in [4.78, 5) is 18.3. The summed E-state index contributed by atoms with van der Waals surface area (Å²) in [7, 11) is 0. The molecule has 9 nitrogen and oxygen atoms in total. The summed E-state index contributed by atoms with van der Waals surface area (Å²) in [5.74, 6) is 0.258. The maximum Gasteiger partial charge on any atom is 0.321 e. The highest BCUT2D eigenvalue weighted by Gasteiger charge is 2.31. The van der Waals surface area contributed by atoms with Crippen molar-refractivity contribution in [3.8, 4) is 5.75 Å². The molecule has 2 aliphatic heterocycles. The number of carboxylic acid groups (broad SMARTS) is 1. The van der Waals surface area contributed by atoms with Gasteiger partial charge in [-0.3, -0.25) is 14.6 Å². The van der Waals surface area contributed by atoms with Gasteiger partial charge in [-0.1, -0.05) is 35.3 Å². The predicted molar refractivity (Wildman–Crippen MR) is 175 cm³/mol. The molecule has 0 aliphatic carbocycles. The second-order valence-corrected chi connectivity index (χ2v) is 12.6. The topological polar surface area (TPSA) is 117 Å². The van der Waals surface area contributed by atoms with Crippen LogP contribution in [0.15, 0.2) is 36.4 Å². The molecule has 12 heteroatoms. The zero-order chi connectivity index (χ0) is 32.8. The number of carboxylic acids is 1. The smallest absolute Gasteiger partial charge is 0.321 e. The molecule has 2 aliphatic rings. The fourth-order valence-electron chi connectivity index (χ4n) is 5.94. The van der Waals surface area contributed by atoms with Gasteiger partial charge in [-0.05, 0) is 87.9 Å². The molecule has 1 atom stereocenters. The highest BCUT2D eigenvalue weighted by molar-refractivity contribution is 6.42. The molecular weight excluding hydrogens is 624 g/mol. The van der Waals surface area contributed by atoms with E-state index in [1.165, 1.54) is 12.1 Å². The molecule has 0 unspecified atom stereocenters. The summed E-state index contributed by atoms with van der Waals surface area (Å²) in [6.07, 6.45) is 4.49. The van der Waals surface area contributed by atoms with Crippen LogP contribution >= 0.6 is 23.2 Å². The van der Waals surface area contributed by atoms with Crippen molar-refractivity contribution in [3.05, 3.63) is 63.4 Å². The number of ether oxygens (including phenoxy) is 1. The lowest BCUT2D eigenvalue weighted by molar-refractivity contribution is -0.144. The molecule has 2 saturated heterocycles. The van der Waals surface area contributed by atoms with Gasteiger partial charge in [0.15, 0.2) is 0 Å². The first kappa shape index (κ1) is 37.4. The van der Waals surface area contributed by atoms with E-state index in [0.717, 1.165) is 75.3 Å². The Morgan fingerprint density at radius 2 is 1.51 bits per heavy atom. The van der Waals surface area contributed by atoms with Gasteiger partial charge in [0.2, 0.25) is 0 Å². The highest BCUT2D eigenvalue weighted by atomic mass is 35.5. The zero-order valence-corrected chi connectivity index (χ0v) is 27.6. The molecule has 4 N–H and O–H groups in total. The van der Waals surface area contributed by atoms with Crippen molar-refractivity contribution in [2.75, 3.05) is 72.2 Å². The fourth-order valence-corrected chi connectivity index (χ4v) is 6.30. The van der Waals surface area contributed by atoms with Gasteiger partial charge in [-0.25, -0.2) is 4.39 Å². The van der Waals surface area contributed by atoms with Gasteiger partial charge >= 0.3 is 5.97 Å². The summed E-state index contributed by atoms with van der Waals surface area (Å²) < 4.78 is 19.4. The molecule has 0 saturated carbocycles. The van der Waals surface area contributed by atoms with Gasteiger partial charge in [-0.15, -0.1) is 0 Å². The number of aliphatic hydroxyl groups is 3. The van der Waals surface area contributed by atoms with Gasteiger partial charge in [-0.2, -0.15) is 0 Å². The first-order chi connectivity index (χ1) is 21.6. The second-order valence-electron chi connectivity index (χ2n) is 11.8. The van der Waals surface area contributed by atoms with Crippen LogP contribution < -0.4 is 4.74 Å². The number of hydrogen-bond acceptors (Lipinski definition) is 8. The molecule has 0 bridgehead atoms. The van der Waals surface area contributed by atoms with Gasteiger partial charge in [0.1, 0.15) is 23.7 Å². The zero-order valence-electron chi connectivity index (χ0n) is 26.1. The number of benzene rings is 2. The number of piperidine rings is 2. The van der Waals surface area contributed by atoms with Crippen LogP contribution in [0.5, 0.6) is 5.75 Å². The van der Waals surface area contributed by atoms with E-state index in [4.69, 9.17) is 43.3 Å². The largest absolute Gasteiger partial charge is 0.490 e. The average molecular weight is 673 g/mol. The van der Waals surface area contributed by atoms with Crippen molar-refractivity contribution in [2.24, 2.45) is 5.92 Å². The number of aliphatic hydroxyl groups excluding tert-OH is 3. The maximum absolute atomic E-state index is 13.2. The van der Waals surface area contributed by atoms with E-state index < -0.39 is 12.0 Å². The van der Waals surface area contributed by atoms with E-state index in [-0.39, 0.29) is 31.7 Å². The van der Waals surface area contributed by atoms with E-state index in [0.29, 0.717) is 42.0 Å². The Morgan fingerprint density at radius 3 is 2.04 bits per heavy atom. The lowest BCUT2D eigenvalue weighted by atomic mass is 9.93. The van der Waals surface area contributed by atoms with Gasteiger partial charge in [0.25, 0.3) is 0 Å². The van der Waals surface area contributed by atoms with Crippen LogP contribution in [0, 0.1) is 18.7 Å². The molecule has 2 fully saturated rings. The molecule has 252 valence electrons. The van der Waals surface area contributed by atoms with Crippen molar-refractivity contribution in [3.63, 3.8) is 0 Å². The first-order valence-corrected chi connectivity index (χ1v) is 16.5. The van der Waals surface area contributed by atoms with Gasteiger partial charge < -0.3 is 30.1 Å². The van der Waals surface area contributed by atoms with E-state index in [1.807, 2.05) is 13.0 Å². The van der Waals surface area contributed by atoms with E-state index >= 15 is 0 Å². The summed E-state index contributed by atoms with van der Waals surface area (Å²) in [5.41, 5.74) is 1.73. The minimum Gasteiger partial charge on any atom is -0.490 e. The van der Waals surface area contributed by atoms with Gasteiger partial charge in [0, 0.05) is 44.8 Å². The Hall–Kier alpha value is -2.02. The molecular formula is C33H48Cl2FN3O6. The van der Waals surface area contributed by atoms with Crippen molar-refractivity contribution < 1.29 is 34.3 Å².